The lowest BCUT2D eigenvalue weighted by atomic mass is 10.2. The van der Waals surface area contributed by atoms with Crippen molar-refractivity contribution >= 4 is 17.5 Å². The predicted octanol–water partition coefficient (Wildman–Crippen LogP) is 3.66. The van der Waals surface area contributed by atoms with Crippen molar-refractivity contribution in [3.63, 3.8) is 0 Å². The highest BCUT2D eigenvalue weighted by Gasteiger charge is 2.07. The summed E-state index contributed by atoms with van der Waals surface area (Å²) >= 11 is 6.00. The molecule has 0 atom stereocenters. The molecule has 0 saturated carbocycles. The SMILES string of the molecule is CCNc1ncc(Cl)c(Oc2ccc(C)cc2)n1. The predicted molar refractivity (Wildman–Crippen MR) is 72.5 cm³/mol. The molecule has 2 aromatic rings. The van der Waals surface area contributed by atoms with Gasteiger partial charge in [0, 0.05) is 6.54 Å². The molecule has 0 fully saturated rings. The van der Waals surface area contributed by atoms with Crippen LogP contribution in [0.2, 0.25) is 5.02 Å². The first-order chi connectivity index (χ1) is 8.69. The molecule has 0 radical (unpaired) electrons. The third-order valence-electron chi connectivity index (χ3n) is 2.28. The molecule has 1 aromatic heterocycles. The zero-order chi connectivity index (χ0) is 13.0. The summed E-state index contributed by atoms with van der Waals surface area (Å²) in [7, 11) is 0. The van der Waals surface area contributed by atoms with Gasteiger partial charge >= 0.3 is 0 Å². The Morgan fingerprint density at radius 1 is 1.28 bits per heavy atom. The van der Waals surface area contributed by atoms with Gasteiger partial charge in [-0.15, -0.1) is 0 Å². The number of anilines is 1. The largest absolute Gasteiger partial charge is 0.437 e. The number of aromatic nitrogens is 2. The average Bonchev–Trinajstić information content (AvgIpc) is 2.36. The minimum Gasteiger partial charge on any atom is -0.437 e. The zero-order valence-corrected chi connectivity index (χ0v) is 11.0. The molecule has 0 amide bonds. The number of aryl methyl sites for hydroxylation is 1. The first-order valence-corrected chi connectivity index (χ1v) is 6.07. The molecule has 1 N–H and O–H groups in total. The van der Waals surface area contributed by atoms with Crippen LogP contribution in [0.5, 0.6) is 11.6 Å². The highest BCUT2D eigenvalue weighted by atomic mass is 35.5. The van der Waals surface area contributed by atoms with Crippen LogP contribution in [0.15, 0.2) is 30.5 Å². The average molecular weight is 264 g/mol. The van der Waals surface area contributed by atoms with Gasteiger partial charge in [0.05, 0.1) is 6.20 Å². The van der Waals surface area contributed by atoms with Gasteiger partial charge in [-0.25, -0.2) is 4.98 Å². The van der Waals surface area contributed by atoms with E-state index in [2.05, 4.69) is 15.3 Å². The van der Waals surface area contributed by atoms with E-state index in [1.807, 2.05) is 38.1 Å². The molecular weight excluding hydrogens is 250 g/mol. The van der Waals surface area contributed by atoms with E-state index in [-0.39, 0.29) is 0 Å². The minimum absolute atomic E-state index is 0.353. The summed E-state index contributed by atoms with van der Waals surface area (Å²) in [5, 5.41) is 3.40. The van der Waals surface area contributed by atoms with Crippen LogP contribution in [0, 0.1) is 6.92 Å². The quantitative estimate of drug-likeness (QED) is 0.914. The van der Waals surface area contributed by atoms with E-state index >= 15 is 0 Å². The minimum atomic E-state index is 0.353. The van der Waals surface area contributed by atoms with Crippen LogP contribution >= 0.6 is 11.6 Å². The van der Waals surface area contributed by atoms with Gasteiger partial charge in [-0.05, 0) is 26.0 Å². The van der Waals surface area contributed by atoms with Crippen LogP contribution in [0.4, 0.5) is 5.95 Å². The molecule has 0 unspecified atom stereocenters. The molecule has 4 nitrogen and oxygen atoms in total. The summed E-state index contributed by atoms with van der Waals surface area (Å²) in [4.78, 5) is 8.25. The molecule has 0 aliphatic heterocycles. The highest BCUT2D eigenvalue weighted by Crippen LogP contribution is 2.27. The number of hydrogen-bond donors (Lipinski definition) is 1. The number of ether oxygens (including phenoxy) is 1. The topological polar surface area (TPSA) is 47.0 Å². The van der Waals surface area contributed by atoms with Crippen LogP contribution in [0.25, 0.3) is 0 Å². The van der Waals surface area contributed by atoms with Crippen LogP contribution in [0.1, 0.15) is 12.5 Å². The fourth-order valence-electron chi connectivity index (χ4n) is 1.38. The Bertz CT molecular complexity index is 528. The second kappa shape index (κ2) is 5.69. The molecule has 0 aliphatic carbocycles. The Hall–Kier alpha value is -1.81. The number of rotatable bonds is 4. The van der Waals surface area contributed by atoms with Crippen LogP contribution < -0.4 is 10.1 Å². The lowest BCUT2D eigenvalue weighted by Crippen LogP contribution is -2.02. The third-order valence-corrected chi connectivity index (χ3v) is 2.54. The molecule has 0 aliphatic rings. The van der Waals surface area contributed by atoms with Crippen molar-refractivity contribution in [1.29, 1.82) is 0 Å². The molecular formula is C13H14ClN3O. The lowest BCUT2D eigenvalue weighted by Gasteiger charge is -2.08. The van der Waals surface area contributed by atoms with E-state index in [0.29, 0.717) is 22.6 Å². The van der Waals surface area contributed by atoms with Gasteiger partial charge in [-0.1, -0.05) is 29.3 Å². The van der Waals surface area contributed by atoms with Gasteiger partial charge in [-0.2, -0.15) is 4.98 Å². The summed E-state index contributed by atoms with van der Waals surface area (Å²) in [6, 6.07) is 7.69. The van der Waals surface area contributed by atoms with Crippen molar-refractivity contribution < 1.29 is 4.74 Å². The van der Waals surface area contributed by atoms with E-state index < -0.39 is 0 Å². The molecule has 1 aromatic carbocycles. The third kappa shape index (κ3) is 3.11. The van der Waals surface area contributed by atoms with Gasteiger partial charge in [0.15, 0.2) is 0 Å². The van der Waals surface area contributed by atoms with Gasteiger partial charge in [-0.3, -0.25) is 0 Å². The van der Waals surface area contributed by atoms with E-state index in [1.54, 1.807) is 0 Å². The monoisotopic (exact) mass is 263 g/mol. The summed E-state index contributed by atoms with van der Waals surface area (Å²) in [6.07, 6.45) is 1.52. The maximum Gasteiger partial charge on any atom is 0.243 e. The van der Waals surface area contributed by atoms with Crippen molar-refractivity contribution in [2.45, 2.75) is 13.8 Å². The summed E-state index contributed by atoms with van der Waals surface area (Å²) in [5.41, 5.74) is 1.17. The molecule has 0 saturated heterocycles. The Kier molecular flexibility index (Phi) is 3.99. The normalized spacial score (nSPS) is 10.2. The van der Waals surface area contributed by atoms with E-state index in [9.17, 15) is 0 Å². The molecule has 1 heterocycles. The lowest BCUT2D eigenvalue weighted by molar-refractivity contribution is 0.462. The van der Waals surface area contributed by atoms with Crippen molar-refractivity contribution in [2.24, 2.45) is 0 Å². The fraction of sp³-hybridized carbons (Fsp3) is 0.231. The van der Waals surface area contributed by atoms with Crippen LogP contribution in [0.3, 0.4) is 0 Å². The second-order valence-corrected chi connectivity index (χ2v) is 4.20. The number of nitrogens with zero attached hydrogens (tertiary/aromatic N) is 2. The number of halogens is 1. The van der Waals surface area contributed by atoms with Gasteiger partial charge in [0.25, 0.3) is 0 Å². The molecule has 2 rings (SSSR count). The van der Waals surface area contributed by atoms with E-state index in [0.717, 1.165) is 6.54 Å². The van der Waals surface area contributed by atoms with Crippen molar-refractivity contribution in [1.82, 2.24) is 9.97 Å². The van der Waals surface area contributed by atoms with Gasteiger partial charge in [0.2, 0.25) is 11.8 Å². The molecule has 18 heavy (non-hydrogen) atoms. The van der Waals surface area contributed by atoms with E-state index in [1.165, 1.54) is 11.8 Å². The number of nitrogens with one attached hydrogen (secondary N) is 1. The number of benzene rings is 1. The summed E-state index contributed by atoms with van der Waals surface area (Å²) in [5.74, 6) is 1.55. The summed E-state index contributed by atoms with van der Waals surface area (Å²) in [6.45, 7) is 4.73. The molecule has 0 bridgehead atoms. The maximum absolute atomic E-state index is 6.00. The highest BCUT2D eigenvalue weighted by molar-refractivity contribution is 6.31. The van der Waals surface area contributed by atoms with Crippen molar-refractivity contribution in [2.75, 3.05) is 11.9 Å². The first kappa shape index (κ1) is 12.6. The van der Waals surface area contributed by atoms with Crippen LogP contribution in [-0.4, -0.2) is 16.5 Å². The fourth-order valence-corrected chi connectivity index (χ4v) is 1.51. The van der Waals surface area contributed by atoms with Crippen molar-refractivity contribution in [3.8, 4) is 11.6 Å². The Morgan fingerprint density at radius 2 is 2.00 bits per heavy atom. The number of hydrogen-bond acceptors (Lipinski definition) is 4. The Balaban J connectivity index is 2.22. The zero-order valence-electron chi connectivity index (χ0n) is 10.3. The van der Waals surface area contributed by atoms with E-state index in [4.69, 9.17) is 16.3 Å². The maximum atomic E-state index is 6.00. The molecule has 94 valence electrons. The smallest absolute Gasteiger partial charge is 0.243 e. The van der Waals surface area contributed by atoms with Gasteiger partial charge < -0.3 is 10.1 Å². The summed E-state index contributed by atoms with van der Waals surface area (Å²) < 4.78 is 5.63. The standard InChI is InChI=1S/C13H14ClN3O/c1-3-15-13-16-8-11(14)12(17-13)18-10-6-4-9(2)5-7-10/h4-8H,3H2,1-2H3,(H,15,16,17). The molecule has 0 spiro atoms. The Morgan fingerprint density at radius 3 is 2.67 bits per heavy atom. The second-order valence-electron chi connectivity index (χ2n) is 3.79. The van der Waals surface area contributed by atoms with Crippen molar-refractivity contribution in [3.05, 3.63) is 41.0 Å². The van der Waals surface area contributed by atoms with Crippen LogP contribution in [-0.2, 0) is 0 Å². The first-order valence-electron chi connectivity index (χ1n) is 5.70. The Labute approximate surface area is 111 Å². The molecule has 5 heteroatoms. The van der Waals surface area contributed by atoms with Gasteiger partial charge in [0.1, 0.15) is 10.8 Å².